The minimum atomic E-state index is -0.794. The predicted octanol–water partition coefficient (Wildman–Crippen LogP) is 23.8. The van der Waals surface area contributed by atoms with Gasteiger partial charge in [-0.15, -0.1) is 0 Å². The summed E-state index contributed by atoms with van der Waals surface area (Å²) in [6.07, 6.45) is 93.9. The summed E-state index contributed by atoms with van der Waals surface area (Å²) in [6, 6.07) is 0. The zero-order valence-corrected chi connectivity index (χ0v) is 53.3. The lowest BCUT2D eigenvalue weighted by atomic mass is 10.0. The third-order valence-electron chi connectivity index (χ3n) is 14.7. The van der Waals surface area contributed by atoms with E-state index in [4.69, 9.17) is 14.2 Å². The van der Waals surface area contributed by atoms with Crippen molar-refractivity contribution in [1.29, 1.82) is 0 Å². The van der Waals surface area contributed by atoms with Crippen LogP contribution in [-0.4, -0.2) is 37.2 Å². The molecule has 464 valence electrons. The zero-order valence-electron chi connectivity index (χ0n) is 53.3. The molecule has 0 aliphatic carbocycles. The van der Waals surface area contributed by atoms with E-state index in [1.807, 2.05) is 0 Å². The van der Waals surface area contributed by atoms with Crippen molar-refractivity contribution in [3.8, 4) is 0 Å². The van der Waals surface area contributed by atoms with Gasteiger partial charge >= 0.3 is 17.9 Å². The maximum Gasteiger partial charge on any atom is 0.306 e. The molecule has 0 N–H and O–H groups in total. The second-order valence-corrected chi connectivity index (χ2v) is 22.7. The van der Waals surface area contributed by atoms with E-state index in [2.05, 4.69) is 130 Å². The van der Waals surface area contributed by atoms with Crippen LogP contribution in [0.15, 0.2) is 109 Å². The Morgan fingerprint density at radius 1 is 0.259 bits per heavy atom. The molecular weight excluding hydrogens is 997 g/mol. The molecule has 6 nitrogen and oxygen atoms in total. The number of hydrogen-bond acceptors (Lipinski definition) is 6. The van der Waals surface area contributed by atoms with E-state index < -0.39 is 6.10 Å². The normalized spacial score (nSPS) is 12.8. The average Bonchev–Trinajstić information content (AvgIpc) is 3.47. The summed E-state index contributed by atoms with van der Waals surface area (Å²) in [6.45, 7) is 6.43. The van der Waals surface area contributed by atoms with Crippen molar-refractivity contribution in [2.24, 2.45) is 0 Å². The molecule has 0 aromatic carbocycles. The van der Waals surface area contributed by atoms with E-state index in [-0.39, 0.29) is 31.1 Å². The molecule has 81 heavy (non-hydrogen) atoms. The Hall–Kier alpha value is -3.93. The lowest BCUT2D eigenvalue weighted by Gasteiger charge is -2.18. The highest BCUT2D eigenvalue weighted by Gasteiger charge is 2.19. The second-order valence-electron chi connectivity index (χ2n) is 22.7. The minimum absolute atomic E-state index is 0.0873. The molecule has 0 aromatic heterocycles. The molecule has 0 saturated heterocycles. The lowest BCUT2D eigenvalue weighted by Crippen LogP contribution is -2.30. The van der Waals surface area contributed by atoms with Crippen LogP contribution in [0.1, 0.15) is 329 Å². The van der Waals surface area contributed by atoms with Gasteiger partial charge in [-0.05, 0) is 122 Å². The van der Waals surface area contributed by atoms with Crippen molar-refractivity contribution in [2.75, 3.05) is 13.2 Å². The fourth-order valence-electron chi connectivity index (χ4n) is 9.66. The second kappa shape index (κ2) is 68.6. The van der Waals surface area contributed by atoms with Gasteiger partial charge in [-0.3, -0.25) is 14.4 Å². The van der Waals surface area contributed by atoms with Gasteiger partial charge in [0.25, 0.3) is 0 Å². The van der Waals surface area contributed by atoms with Crippen LogP contribution in [0.25, 0.3) is 0 Å². The van der Waals surface area contributed by atoms with Crippen LogP contribution in [0.5, 0.6) is 0 Å². The number of unbranched alkanes of at least 4 members (excludes halogenated alkanes) is 33. The van der Waals surface area contributed by atoms with E-state index in [9.17, 15) is 14.4 Å². The molecule has 0 fully saturated rings. The zero-order chi connectivity index (χ0) is 58.5. The van der Waals surface area contributed by atoms with E-state index in [0.29, 0.717) is 19.3 Å². The summed E-state index contributed by atoms with van der Waals surface area (Å²) in [7, 11) is 0. The Bertz CT molecular complexity index is 1620. The van der Waals surface area contributed by atoms with Crippen LogP contribution in [0.3, 0.4) is 0 Å². The number of carbonyl (C=O) groups excluding carboxylic acids is 3. The lowest BCUT2D eigenvalue weighted by molar-refractivity contribution is -0.167. The fraction of sp³-hybridized carbons (Fsp3) is 0.720. The van der Waals surface area contributed by atoms with E-state index in [1.165, 1.54) is 167 Å². The van der Waals surface area contributed by atoms with Crippen molar-refractivity contribution in [2.45, 2.75) is 335 Å². The first-order valence-corrected chi connectivity index (χ1v) is 34.4. The van der Waals surface area contributed by atoms with Gasteiger partial charge in [-0.1, -0.05) is 297 Å². The maximum absolute atomic E-state index is 13.0. The van der Waals surface area contributed by atoms with Crippen molar-refractivity contribution >= 4 is 17.9 Å². The first-order chi connectivity index (χ1) is 40.0. The minimum Gasteiger partial charge on any atom is -0.462 e. The van der Waals surface area contributed by atoms with Gasteiger partial charge in [-0.2, -0.15) is 0 Å². The molecule has 0 radical (unpaired) electrons. The number of ether oxygens (including phenoxy) is 3. The molecule has 0 aromatic rings. The molecule has 0 heterocycles. The van der Waals surface area contributed by atoms with Crippen molar-refractivity contribution in [3.63, 3.8) is 0 Å². The van der Waals surface area contributed by atoms with Crippen LogP contribution in [0, 0.1) is 0 Å². The number of hydrogen-bond donors (Lipinski definition) is 0. The van der Waals surface area contributed by atoms with Gasteiger partial charge in [-0.25, -0.2) is 0 Å². The Balaban J connectivity index is 4.38. The Morgan fingerprint density at radius 2 is 0.481 bits per heavy atom. The molecule has 0 spiro atoms. The molecule has 0 rings (SSSR count). The Labute approximate surface area is 501 Å². The van der Waals surface area contributed by atoms with Crippen LogP contribution in [0.2, 0.25) is 0 Å². The molecule has 0 aliphatic heterocycles. The van der Waals surface area contributed by atoms with Gasteiger partial charge in [0, 0.05) is 19.3 Å². The average molecular weight is 1130 g/mol. The number of rotatable bonds is 62. The molecule has 1 unspecified atom stereocenters. The standard InChI is InChI=1S/C75H128O6/c1-4-7-10-13-16-19-22-25-28-31-33-35-36-37-38-40-41-44-47-50-53-56-59-62-65-68-74(77)80-71-72(70-79-73(76)67-64-61-58-55-52-49-46-43-30-27-24-21-18-15-12-9-6-3)81-75(78)69-66-63-60-57-54-51-48-45-42-39-34-32-29-26-23-20-17-14-11-8-5-2/h7,9-10,12,16,18-19,21,25,27-28,30,32-35,46,49,72H,4-6,8,11,13-15,17,20,22-24,26,29,31,36-45,47-48,50-71H2,1-3H3/b10-7-,12-9-,19-16-,21-18-,28-25-,30-27-,34-32-,35-33-,49-46-. The summed E-state index contributed by atoms with van der Waals surface area (Å²) in [4.78, 5) is 38.5. The topological polar surface area (TPSA) is 78.9 Å². The van der Waals surface area contributed by atoms with Crippen molar-refractivity contribution in [1.82, 2.24) is 0 Å². The summed E-state index contributed by atoms with van der Waals surface area (Å²) < 4.78 is 17.0. The van der Waals surface area contributed by atoms with E-state index >= 15 is 0 Å². The highest BCUT2D eigenvalue weighted by molar-refractivity contribution is 5.71. The van der Waals surface area contributed by atoms with E-state index in [1.54, 1.807) is 0 Å². The van der Waals surface area contributed by atoms with Gasteiger partial charge in [0.15, 0.2) is 6.10 Å². The van der Waals surface area contributed by atoms with Gasteiger partial charge < -0.3 is 14.2 Å². The first kappa shape index (κ1) is 77.1. The van der Waals surface area contributed by atoms with Crippen molar-refractivity contribution in [3.05, 3.63) is 109 Å². The molecular formula is C75H128O6. The molecule has 0 aliphatic rings. The van der Waals surface area contributed by atoms with Crippen LogP contribution in [-0.2, 0) is 28.6 Å². The van der Waals surface area contributed by atoms with Gasteiger partial charge in [0.1, 0.15) is 13.2 Å². The molecule has 0 saturated carbocycles. The SMILES string of the molecule is CC/C=C\C/C=C\C/C=C\C/C=C\CCCCCCCCCCCCCCC(=O)OCC(COC(=O)CCCCCC/C=C\C/C=C\C/C=C\C/C=C\CC)OC(=O)CCCCCCCCCCC/C=C\CCCCCCCCCC. The quantitative estimate of drug-likeness (QED) is 0.0261. The van der Waals surface area contributed by atoms with Crippen LogP contribution < -0.4 is 0 Å². The number of carbonyl (C=O) groups is 3. The van der Waals surface area contributed by atoms with Gasteiger partial charge in [0.2, 0.25) is 0 Å². The van der Waals surface area contributed by atoms with E-state index in [0.717, 1.165) is 122 Å². The molecule has 6 heteroatoms. The molecule has 1 atom stereocenters. The molecule has 0 bridgehead atoms. The predicted molar refractivity (Wildman–Crippen MR) is 353 cm³/mol. The third kappa shape index (κ3) is 66.8. The highest BCUT2D eigenvalue weighted by atomic mass is 16.6. The Kier molecular flexibility index (Phi) is 65.2. The highest BCUT2D eigenvalue weighted by Crippen LogP contribution is 2.17. The smallest absolute Gasteiger partial charge is 0.306 e. The third-order valence-corrected chi connectivity index (χ3v) is 14.7. The summed E-state index contributed by atoms with van der Waals surface area (Å²) in [5, 5.41) is 0. The first-order valence-electron chi connectivity index (χ1n) is 34.4. The van der Waals surface area contributed by atoms with Crippen molar-refractivity contribution < 1.29 is 28.6 Å². The van der Waals surface area contributed by atoms with Crippen LogP contribution >= 0.6 is 0 Å². The number of allylic oxidation sites excluding steroid dienone is 18. The largest absolute Gasteiger partial charge is 0.462 e. The fourth-order valence-corrected chi connectivity index (χ4v) is 9.66. The maximum atomic E-state index is 13.0. The van der Waals surface area contributed by atoms with Crippen LogP contribution in [0.4, 0.5) is 0 Å². The summed E-state index contributed by atoms with van der Waals surface area (Å²) >= 11 is 0. The summed E-state index contributed by atoms with van der Waals surface area (Å²) in [5.41, 5.74) is 0. The molecule has 0 amide bonds. The number of esters is 3. The van der Waals surface area contributed by atoms with Gasteiger partial charge in [0.05, 0.1) is 0 Å². The Morgan fingerprint density at radius 3 is 0.765 bits per heavy atom. The monoisotopic (exact) mass is 1120 g/mol. The summed E-state index contributed by atoms with van der Waals surface area (Å²) in [5.74, 6) is -0.903.